The lowest BCUT2D eigenvalue weighted by Gasteiger charge is -2.30. The van der Waals surface area contributed by atoms with Gasteiger partial charge in [-0.2, -0.15) is 0 Å². The number of hydrogen-bond acceptors (Lipinski definition) is 6. The van der Waals surface area contributed by atoms with Crippen LogP contribution in [0.3, 0.4) is 0 Å². The minimum absolute atomic E-state index is 0.0572. The number of carbonyl (C=O) groups excluding carboxylic acids is 2. The van der Waals surface area contributed by atoms with Gasteiger partial charge in [-0.05, 0) is 52.0 Å². The molecule has 0 radical (unpaired) electrons. The molecule has 0 saturated carbocycles. The predicted octanol–water partition coefficient (Wildman–Crippen LogP) is 3.22. The van der Waals surface area contributed by atoms with Crippen molar-refractivity contribution in [3.8, 4) is 0 Å². The molecule has 4 atom stereocenters. The van der Waals surface area contributed by atoms with Crippen LogP contribution >= 0.6 is 0 Å². The molecule has 2 saturated heterocycles. The Labute approximate surface area is 183 Å². The summed E-state index contributed by atoms with van der Waals surface area (Å²) in [6, 6.07) is 9.23. The van der Waals surface area contributed by atoms with Crippen LogP contribution in [-0.4, -0.2) is 65.2 Å². The van der Waals surface area contributed by atoms with E-state index >= 15 is 0 Å². The van der Waals surface area contributed by atoms with Gasteiger partial charge in [0.25, 0.3) is 0 Å². The van der Waals surface area contributed by atoms with Crippen LogP contribution in [-0.2, 0) is 20.8 Å². The van der Waals surface area contributed by atoms with Crippen LogP contribution in [0.25, 0.3) is 0 Å². The molecule has 2 aliphatic heterocycles. The summed E-state index contributed by atoms with van der Waals surface area (Å²) >= 11 is 0. The van der Waals surface area contributed by atoms with Crippen LogP contribution in [0.4, 0.5) is 9.59 Å². The molecule has 31 heavy (non-hydrogen) atoms. The highest BCUT2D eigenvalue weighted by Crippen LogP contribution is 2.35. The molecule has 2 heterocycles. The Morgan fingerprint density at radius 1 is 1.29 bits per heavy atom. The maximum absolute atomic E-state index is 12.4. The number of nitrogens with one attached hydrogen (secondary N) is 1. The van der Waals surface area contributed by atoms with Gasteiger partial charge in [-0.15, -0.1) is 0 Å². The summed E-state index contributed by atoms with van der Waals surface area (Å²) in [5.74, 6) is 0. The third kappa shape index (κ3) is 7.11. The zero-order valence-electron chi connectivity index (χ0n) is 18.6. The van der Waals surface area contributed by atoms with Crippen molar-refractivity contribution in [2.75, 3.05) is 13.1 Å². The summed E-state index contributed by atoms with van der Waals surface area (Å²) in [5.41, 5.74) is 0.372. The summed E-state index contributed by atoms with van der Waals surface area (Å²) < 4.78 is 16.3. The molecule has 2 amide bonds. The van der Waals surface area contributed by atoms with Crippen LogP contribution in [0.5, 0.6) is 0 Å². The van der Waals surface area contributed by atoms with Gasteiger partial charge in [-0.25, -0.2) is 9.59 Å². The highest BCUT2D eigenvalue weighted by atomic mass is 16.6. The van der Waals surface area contributed by atoms with Gasteiger partial charge in [-0.1, -0.05) is 30.3 Å². The van der Waals surface area contributed by atoms with Gasteiger partial charge in [0.05, 0.1) is 12.1 Å². The molecule has 0 aliphatic carbocycles. The van der Waals surface area contributed by atoms with Gasteiger partial charge in [0.2, 0.25) is 0 Å². The molecule has 2 fully saturated rings. The number of nitrogens with zero attached hydrogens (tertiary/aromatic N) is 1. The number of carbonyl (C=O) groups is 2. The van der Waals surface area contributed by atoms with Crippen LogP contribution in [0.15, 0.2) is 30.3 Å². The molecule has 0 aromatic heterocycles. The molecular formula is C23H34N2O6. The number of epoxide rings is 1. The lowest BCUT2D eigenvalue weighted by atomic mass is 10.0. The zero-order chi connectivity index (χ0) is 22.4. The molecule has 2 aliphatic rings. The van der Waals surface area contributed by atoms with Crippen LogP contribution in [0, 0.1) is 0 Å². The fourth-order valence-electron chi connectivity index (χ4n) is 3.87. The van der Waals surface area contributed by atoms with Crippen LogP contribution < -0.4 is 5.32 Å². The molecule has 0 spiro atoms. The molecule has 172 valence electrons. The quantitative estimate of drug-likeness (QED) is 0.481. The molecule has 1 aromatic rings. The van der Waals surface area contributed by atoms with E-state index in [1.54, 1.807) is 4.90 Å². The Kier molecular flexibility index (Phi) is 7.78. The molecule has 8 heteroatoms. The second-order valence-electron chi connectivity index (χ2n) is 9.14. The maximum Gasteiger partial charge on any atom is 0.410 e. The fraction of sp³-hybridized carbons (Fsp3) is 0.652. The van der Waals surface area contributed by atoms with Crippen molar-refractivity contribution in [3.63, 3.8) is 0 Å². The third-order valence-electron chi connectivity index (χ3n) is 5.43. The monoisotopic (exact) mass is 434 g/mol. The topological polar surface area (TPSA) is 101 Å². The van der Waals surface area contributed by atoms with Crippen molar-refractivity contribution in [1.29, 1.82) is 0 Å². The first-order valence-corrected chi connectivity index (χ1v) is 11.0. The number of benzene rings is 1. The van der Waals surface area contributed by atoms with E-state index in [4.69, 9.17) is 14.2 Å². The van der Waals surface area contributed by atoms with Crippen molar-refractivity contribution in [2.45, 2.75) is 83.0 Å². The normalized spacial score (nSPS) is 23.9. The van der Waals surface area contributed by atoms with Gasteiger partial charge in [0.15, 0.2) is 0 Å². The predicted molar refractivity (Wildman–Crippen MR) is 114 cm³/mol. The zero-order valence-corrected chi connectivity index (χ0v) is 18.6. The van der Waals surface area contributed by atoms with Gasteiger partial charge < -0.3 is 29.5 Å². The lowest BCUT2D eigenvalue weighted by Crippen LogP contribution is -2.47. The number of aliphatic hydroxyl groups excluding tert-OH is 1. The number of aliphatic hydroxyl groups is 1. The van der Waals surface area contributed by atoms with E-state index in [0.29, 0.717) is 13.1 Å². The SMILES string of the molecule is CC(C)(C)OC(=O)N1CCC[C@H]1[C@H](O)[C@H]1O[C@@H]1CCCNC(=O)OCc1ccccc1. The average Bonchev–Trinajstić information content (AvgIpc) is 3.32. The maximum atomic E-state index is 12.4. The van der Waals surface area contributed by atoms with E-state index in [1.165, 1.54) is 0 Å². The smallest absolute Gasteiger partial charge is 0.410 e. The third-order valence-corrected chi connectivity index (χ3v) is 5.43. The Morgan fingerprint density at radius 3 is 2.74 bits per heavy atom. The summed E-state index contributed by atoms with van der Waals surface area (Å²) in [5, 5.41) is 13.5. The molecule has 2 N–H and O–H groups in total. The first kappa shape index (κ1) is 23.3. The largest absolute Gasteiger partial charge is 0.445 e. The van der Waals surface area contributed by atoms with E-state index in [1.807, 2.05) is 51.1 Å². The molecule has 3 rings (SSSR count). The molecule has 0 bridgehead atoms. The molecular weight excluding hydrogens is 400 g/mol. The second-order valence-corrected chi connectivity index (χ2v) is 9.14. The number of hydrogen-bond donors (Lipinski definition) is 2. The van der Waals surface area contributed by atoms with Crippen molar-refractivity contribution in [3.05, 3.63) is 35.9 Å². The van der Waals surface area contributed by atoms with E-state index in [2.05, 4.69) is 5.32 Å². The van der Waals surface area contributed by atoms with Crippen molar-refractivity contribution < 1.29 is 28.9 Å². The van der Waals surface area contributed by atoms with Crippen LogP contribution in [0.1, 0.15) is 52.0 Å². The number of alkyl carbamates (subject to hydrolysis) is 1. The van der Waals surface area contributed by atoms with Gasteiger partial charge in [0.1, 0.15) is 24.4 Å². The van der Waals surface area contributed by atoms with Crippen molar-refractivity contribution in [2.24, 2.45) is 0 Å². The minimum Gasteiger partial charge on any atom is -0.445 e. The number of likely N-dealkylation sites (tertiary alicyclic amines) is 1. The summed E-state index contributed by atoms with van der Waals surface area (Å²) in [4.78, 5) is 25.8. The van der Waals surface area contributed by atoms with E-state index < -0.39 is 17.8 Å². The summed E-state index contributed by atoms with van der Waals surface area (Å²) in [6.45, 7) is 6.79. The van der Waals surface area contributed by atoms with E-state index in [-0.39, 0.29) is 30.9 Å². The summed E-state index contributed by atoms with van der Waals surface area (Å²) in [7, 11) is 0. The van der Waals surface area contributed by atoms with Crippen molar-refractivity contribution >= 4 is 12.2 Å². The molecule has 8 nitrogen and oxygen atoms in total. The highest BCUT2D eigenvalue weighted by Gasteiger charge is 2.50. The highest BCUT2D eigenvalue weighted by molar-refractivity contribution is 5.69. The minimum atomic E-state index is -0.733. The molecule has 0 unspecified atom stereocenters. The second kappa shape index (κ2) is 10.3. The lowest BCUT2D eigenvalue weighted by molar-refractivity contribution is 0.000455. The number of amides is 2. The van der Waals surface area contributed by atoms with Gasteiger partial charge in [-0.3, -0.25) is 0 Å². The van der Waals surface area contributed by atoms with Gasteiger partial charge in [0, 0.05) is 13.1 Å². The van der Waals surface area contributed by atoms with E-state index in [0.717, 1.165) is 31.2 Å². The van der Waals surface area contributed by atoms with Gasteiger partial charge >= 0.3 is 12.2 Å². The number of rotatable bonds is 8. The fourth-order valence-corrected chi connectivity index (χ4v) is 3.87. The van der Waals surface area contributed by atoms with E-state index in [9.17, 15) is 14.7 Å². The Balaban J connectivity index is 1.32. The van der Waals surface area contributed by atoms with Crippen molar-refractivity contribution in [1.82, 2.24) is 10.2 Å². The first-order valence-electron chi connectivity index (χ1n) is 11.0. The first-order chi connectivity index (χ1) is 14.7. The average molecular weight is 435 g/mol. The van der Waals surface area contributed by atoms with Crippen LogP contribution in [0.2, 0.25) is 0 Å². The Bertz CT molecular complexity index is 735. The Morgan fingerprint density at radius 2 is 2.03 bits per heavy atom. The number of ether oxygens (including phenoxy) is 3. The summed E-state index contributed by atoms with van der Waals surface area (Å²) in [6.07, 6.45) is 1.12. The standard InChI is InChI=1S/C23H34N2O6/c1-23(2,3)31-22(28)25-14-8-11-17(25)19(26)20-18(30-20)12-7-13-24-21(27)29-15-16-9-5-4-6-10-16/h4-6,9-10,17-20,26H,7-8,11-15H2,1-3H3,(H,24,27)/t17-,18+,19-,20-/m0/s1. The molecule has 1 aromatic carbocycles. The Hall–Kier alpha value is -2.32.